The molecule has 1 aliphatic carbocycles. The lowest BCUT2D eigenvalue weighted by Crippen LogP contribution is -2.44. The monoisotopic (exact) mass is 488 g/mol. The first kappa shape index (κ1) is 23.2. The number of aromatic nitrogens is 1. The van der Waals surface area contributed by atoms with Gasteiger partial charge in [0.2, 0.25) is 5.91 Å². The van der Waals surface area contributed by atoms with Gasteiger partial charge in [-0.2, -0.15) is 0 Å². The Labute approximate surface area is 208 Å². The maximum atomic E-state index is 12.8. The fourth-order valence-electron chi connectivity index (χ4n) is 4.91. The van der Waals surface area contributed by atoms with Crippen molar-refractivity contribution in [2.75, 3.05) is 11.9 Å². The molecule has 2 aromatic carbocycles. The van der Waals surface area contributed by atoms with Crippen molar-refractivity contribution >= 4 is 34.3 Å². The molecule has 8 heteroatoms. The summed E-state index contributed by atoms with van der Waals surface area (Å²) in [5, 5.41) is 6.35. The Bertz CT molecular complexity index is 1220. The van der Waals surface area contributed by atoms with Crippen LogP contribution in [0.5, 0.6) is 0 Å². The van der Waals surface area contributed by atoms with E-state index in [1.807, 2.05) is 48.5 Å². The fraction of sp³-hybridized carbons (Fsp3) is 0.333. The third-order valence-electron chi connectivity index (χ3n) is 6.68. The number of carbonyl (C=O) groups excluding carboxylic acids is 3. The molecule has 0 unspecified atom stereocenters. The fourth-order valence-corrected chi connectivity index (χ4v) is 5.91. The normalized spacial score (nSPS) is 16.6. The molecule has 3 aromatic rings. The van der Waals surface area contributed by atoms with Gasteiger partial charge in [0.1, 0.15) is 5.54 Å². The van der Waals surface area contributed by atoms with Crippen molar-refractivity contribution in [1.82, 2.24) is 15.2 Å². The van der Waals surface area contributed by atoms with Gasteiger partial charge in [-0.15, -0.1) is 0 Å². The Morgan fingerprint density at radius 3 is 2.43 bits per heavy atom. The quantitative estimate of drug-likeness (QED) is 0.437. The number of carbonyl (C=O) groups is 3. The number of thiazole rings is 1. The standard InChI is InChI=1S/C27H28N4O3S/c32-22(14-9-17-31-24(33)27(30-26(31)34)15-7-8-16-27)29-25-28-21(18-19-10-3-1-4-11-19)23(35-25)20-12-5-2-6-13-20/h1-6,10-13H,7-9,14-18H2,(H,30,34)(H,28,29,32). The van der Waals surface area contributed by atoms with Crippen LogP contribution in [0.1, 0.15) is 49.8 Å². The van der Waals surface area contributed by atoms with E-state index in [0.717, 1.165) is 34.5 Å². The van der Waals surface area contributed by atoms with E-state index in [4.69, 9.17) is 4.98 Å². The van der Waals surface area contributed by atoms with Crippen molar-refractivity contribution in [2.45, 2.75) is 50.5 Å². The number of hydrogen-bond acceptors (Lipinski definition) is 5. The lowest BCUT2D eigenvalue weighted by atomic mass is 9.98. The van der Waals surface area contributed by atoms with Crippen molar-refractivity contribution in [3.05, 3.63) is 71.9 Å². The molecule has 2 aliphatic rings. The third-order valence-corrected chi connectivity index (χ3v) is 7.74. The lowest BCUT2D eigenvalue weighted by molar-refractivity contribution is -0.131. The highest BCUT2D eigenvalue weighted by molar-refractivity contribution is 7.19. The first-order valence-electron chi connectivity index (χ1n) is 12.1. The summed E-state index contributed by atoms with van der Waals surface area (Å²) in [4.78, 5) is 44.8. The van der Waals surface area contributed by atoms with E-state index in [-0.39, 0.29) is 30.8 Å². The van der Waals surface area contributed by atoms with Gasteiger partial charge in [0.05, 0.1) is 10.6 Å². The number of amides is 4. The highest BCUT2D eigenvalue weighted by Crippen LogP contribution is 2.36. The van der Waals surface area contributed by atoms with Crippen molar-refractivity contribution < 1.29 is 14.4 Å². The number of rotatable bonds is 8. The van der Waals surface area contributed by atoms with Crippen molar-refractivity contribution in [2.24, 2.45) is 0 Å². The summed E-state index contributed by atoms with van der Waals surface area (Å²) < 4.78 is 0. The Hall–Kier alpha value is -3.52. The molecule has 35 heavy (non-hydrogen) atoms. The van der Waals surface area contributed by atoms with Gasteiger partial charge >= 0.3 is 6.03 Å². The predicted octanol–water partition coefficient (Wildman–Crippen LogP) is 4.98. The Morgan fingerprint density at radius 1 is 1.03 bits per heavy atom. The first-order chi connectivity index (χ1) is 17.0. The van der Waals surface area contributed by atoms with Crippen LogP contribution in [0.4, 0.5) is 9.93 Å². The molecule has 1 saturated heterocycles. The maximum absolute atomic E-state index is 12.8. The van der Waals surface area contributed by atoms with Gasteiger partial charge in [-0.3, -0.25) is 14.5 Å². The Balaban J connectivity index is 1.22. The van der Waals surface area contributed by atoms with Gasteiger partial charge in [-0.1, -0.05) is 84.8 Å². The number of anilines is 1. The second kappa shape index (κ2) is 10.00. The minimum Gasteiger partial charge on any atom is -0.323 e. The van der Waals surface area contributed by atoms with Crippen LogP contribution in [0, 0.1) is 0 Å². The van der Waals surface area contributed by atoms with E-state index >= 15 is 0 Å². The van der Waals surface area contributed by atoms with E-state index in [2.05, 4.69) is 22.8 Å². The molecule has 0 atom stereocenters. The molecular weight excluding hydrogens is 460 g/mol. The van der Waals surface area contributed by atoms with Crippen LogP contribution in [0.3, 0.4) is 0 Å². The molecule has 0 radical (unpaired) electrons. The Kier molecular flexibility index (Phi) is 6.63. The molecule has 2 heterocycles. The molecule has 1 spiro atoms. The van der Waals surface area contributed by atoms with Crippen LogP contribution < -0.4 is 10.6 Å². The summed E-state index contributed by atoms with van der Waals surface area (Å²) in [6, 6.07) is 19.8. The van der Waals surface area contributed by atoms with Gasteiger partial charge in [0.25, 0.3) is 5.91 Å². The summed E-state index contributed by atoms with van der Waals surface area (Å²) in [5.74, 6) is -0.314. The van der Waals surface area contributed by atoms with E-state index in [1.54, 1.807) is 0 Å². The summed E-state index contributed by atoms with van der Waals surface area (Å²) in [6.07, 6.45) is 4.60. The zero-order chi connectivity index (χ0) is 24.3. The van der Waals surface area contributed by atoms with Crippen LogP contribution in [-0.2, 0) is 16.0 Å². The first-order valence-corrected chi connectivity index (χ1v) is 12.9. The molecule has 4 amide bonds. The number of nitrogens with zero attached hydrogens (tertiary/aromatic N) is 2. The molecule has 1 saturated carbocycles. The molecule has 1 aromatic heterocycles. The minimum absolute atomic E-state index is 0.140. The number of hydrogen-bond donors (Lipinski definition) is 2. The Morgan fingerprint density at radius 2 is 1.71 bits per heavy atom. The molecule has 2 fully saturated rings. The highest BCUT2D eigenvalue weighted by Gasteiger charge is 2.52. The number of nitrogens with one attached hydrogen (secondary N) is 2. The van der Waals surface area contributed by atoms with Crippen molar-refractivity contribution in [3.8, 4) is 10.4 Å². The highest BCUT2D eigenvalue weighted by atomic mass is 32.1. The molecule has 180 valence electrons. The van der Waals surface area contributed by atoms with Gasteiger partial charge in [-0.05, 0) is 30.4 Å². The van der Waals surface area contributed by atoms with Crippen LogP contribution in [-0.4, -0.2) is 39.8 Å². The molecule has 2 N–H and O–H groups in total. The van der Waals surface area contributed by atoms with Gasteiger partial charge < -0.3 is 10.6 Å². The number of benzene rings is 2. The van der Waals surface area contributed by atoms with Crippen molar-refractivity contribution in [1.29, 1.82) is 0 Å². The predicted molar refractivity (Wildman–Crippen MR) is 136 cm³/mol. The maximum Gasteiger partial charge on any atom is 0.325 e. The third kappa shape index (κ3) is 4.98. The zero-order valence-corrected chi connectivity index (χ0v) is 20.3. The molecular formula is C27H28N4O3S. The average molecular weight is 489 g/mol. The molecule has 5 rings (SSSR count). The smallest absolute Gasteiger partial charge is 0.323 e. The van der Waals surface area contributed by atoms with Gasteiger partial charge in [-0.25, -0.2) is 9.78 Å². The second-order valence-electron chi connectivity index (χ2n) is 9.15. The van der Waals surface area contributed by atoms with Gasteiger partial charge in [0, 0.05) is 19.4 Å². The topological polar surface area (TPSA) is 91.4 Å². The van der Waals surface area contributed by atoms with Crippen LogP contribution in [0.2, 0.25) is 0 Å². The van der Waals surface area contributed by atoms with Gasteiger partial charge in [0.15, 0.2) is 5.13 Å². The number of urea groups is 1. The second-order valence-corrected chi connectivity index (χ2v) is 10.2. The van der Waals surface area contributed by atoms with Crippen LogP contribution in [0.15, 0.2) is 60.7 Å². The van der Waals surface area contributed by atoms with Crippen LogP contribution in [0.25, 0.3) is 10.4 Å². The largest absolute Gasteiger partial charge is 0.325 e. The zero-order valence-electron chi connectivity index (χ0n) is 19.5. The molecule has 7 nitrogen and oxygen atoms in total. The summed E-state index contributed by atoms with van der Waals surface area (Å²) in [7, 11) is 0. The summed E-state index contributed by atoms with van der Waals surface area (Å²) in [6.45, 7) is 0.242. The summed E-state index contributed by atoms with van der Waals surface area (Å²) >= 11 is 1.46. The number of imide groups is 1. The SMILES string of the molecule is O=C(CCCN1C(=O)NC2(CCCC2)C1=O)Nc1nc(Cc2ccccc2)c(-c2ccccc2)s1. The van der Waals surface area contributed by atoms with E-state index in [1.165, 1.54) is 16.2 Å². The molecule has 0 bridgehead atoms. The minimum atomic E-state index is -0.705. The lowest BCUT2D eigenvalue weighted by Gasteiger charge is -2.19. The summed E-state index contributed by atoms with van der Waals surface area (Å²) in [5.41, 5.74) is 2.43. The van der Waals surface area contributed by atoms with Crippen molar-refractivity contribution in [3.63, 3.8) is 0 Å². The van der Waals surface area contributed by atoms with E-state index < -0.39 is 5.54 Å². The average Bonchev–Trinajstić information content (AvgIpc) is 3.55. The van der Waals surface area contributed by atoms with Crippen LogP contribution >= 0.6 is 11.3 Å². The van der Waals surface area contributed by atoms with E-state index in [0.29, 0.717) is 30.8 Å². The van der Waals surface area contributed by atoms with E-state index in [9.17, 15) is 14.4 Å². The molecule has 1 aliphatic heterocycles.